The van der Waals surface area contributed by atoms with E-state index in [1.54, 1.807) is 32.0 Å². The Hall–Kier alpha value is -1.56. The molecule has 0 aliphatic carbocycles. The van der Waals surface area contributed by atoms with Gasteiger partial charge in [-0.2, -0.15) is 13.2 Å². The number of nitrogens with two attached hydrogens (primary N) is 1. The molecule has 0 aliphatic heterocycles. The molecule has 0 saturated heterocycles. The molecule has 100 valence electrons. The van der Waals surface area contributed by atoms with E-state index < -0.39 is 24.7 Å². The van der Waals surface area contributed by atoms with Gasteiger partial charge in [-0.25, -0.2) is 0 Å². The number of alkyl halides is 3. The molecule has 0 bridgehead atoms. The number of halogens is 3. The quantitative estimate of drug-likeness (QED) is 0.869. The summed E-state index contributed by atoms with van der Waals surface area (Å²) in [7, 11) is 0. The van der Waals surface area contributed by atoms with Crippen molar-refractivity contribution in [3.05, 3.63) is 34.9 Å². The summed E-state index contributed by atoms with van der Waals surface area (Å²) in [5, 5.41) is 2.16. The van der Waals surface area contributed by atoms with Crippen molar-refractivity contribution < 1.29 is 18.0 Å². The molecular formula is C12H15F3N2O. The molecule has 3 nitrogen and oxygen atoms in total. The number of rotatable bonds is 4. The van der Waals surface area contributed by atoms with Crippen LogP contribution >= 0.6 is 0 Å². The lowest BCUT2D eigenvalue weighted by atomic mass is 9.95. The van der Waals surface area contributed by atoms with Gasteiger partial charge in [0.15, 0.2) is 0 Å². The lowest BCUT2D eigenvalue weighted by Gasteiger charge is -2.20. The molecule has 3 N–H and O–H groups in total. The van der Waals surface area contributed by atoms with Crippen molar-refractivity contribution in [1.82, 2.24) is 5.32 Å². The fraction of sp³-hybridized carbons (Fsp3) is 0.417. The molecule has 0 aromatic heterocycles. The first kappa shape index (κ1) is 14.5. The monoisotopic (exact) mass is 260 g/mol. The van der Waals surface area contributed by atoms with Gasteiger partial charge >= 0.3 is 6.18 Å². The second-order valence-corrected chi connectivity index (χ2v) is 4.14. The molecule has 1 amide bonds. The van der Waals surface area contributed by atoms with Crippen molar-refractivity contribution in [2.24, 2.45) is 5.73 Å². The molecule has 0 aliphatic rings. The molecule has 0 spiro atoms. The van der Waals surface area contributed by atoms with Crippen molar-refractivity contribution in [1.29, 1.82) is 0 Å². The number of carbonyl (C=O) groups is 1. The van der Waals surface area contributed by atoms with Crippen LogP contribution in [0.15, 0.2) is 18.2 Å². The van der Waals surface area contributed by atoms with Gasteiger partial charge < -0.3 is 5.73 Å². The maximum absolute atomic E-state index is 12.2. The summed E-state index contributed by atoms with van der Waals surface area (Å²) in [4.78, 5) is 11.3. The van der Waals surface area contributed by atoms with E-state index >= 15 is 0 Å². The Morgan fingerprint density at radius 1 is 1.33 bits per heavy atom. The van der Waals surface area contributed by atoms with Crippen LogP contribution < -0.4 is 11.1 Å². The lowest BCUT2D eigenvalue weighted by Crippen LogP contribution is -2.39. The molecule has 1 aromatic carbocycles. The topological polar surface area (TPSA) is 55.1 Å². The molecule has 1 atom stereocenters. The first-order valence-electron chi connectivity index (χ1n) is 5.38. The first-order valence-corrected chi connectivity index (χ1v) is 5.38. The summed E-state index contributed by atoms with van der Waals surface area (Å²) in [6.45, 7) is 2.20. The van der Waals surface area contributed by atoms with Crippen LogP contribution in [0, 0.1) is 13.8 Å². The van der Waals surface area contributed by atoms with Gasteiger partial charge in [-0.3, -0.25) is 10.1 Å². The van der Waals surface area contributed by atoms with E-state index in [4.69, 9.17) is 5.73 Å². The highest BCUT2D eigenvalue weighted by atomic mass is 19.4. The van der Waals surface area contributed by atoms with Crippen molar-refractivity contribution in [3.8, 4) is 0 Å². The molecule has 0 fully saturated rings. The zero-order valence-electron chi connectivity index (χ0n) is 10.1. The molecule has 6 heteroatoms. The first-order chi connectivity index (χ1) is 8.22. The Labute approximate surface area is 103 Å². The van der Waals surface area contributed by atoms with Crippen molar-refractivity contribution in [2.45, 2.75) is 26.1 Å². The minimum atomic E-state index is -4.38. The second-order valence-electron chi connectivity index (χ2n) is 4.14. The highest BCUT2D eigenvalue weighted by molar-refractivity contribution is 5.82. The van der Waals surface area contributed by atoms with Crippen LogP contribution in [0.5, 0.6) is 0 Å². The molecule has 1 unspecified atom stereocenters. The largest absolute Gasteiger partial charge is 0.401 e. The van der Waals surface area contributed by atoms with E-state index in [2.05, 4.69) is 5.32 Å². The van der Waals surface area contributed by atoms with Crippen LogP contribution in [0.25, 0.3) is 0 Å². The minimum Gasteiger partial charge on any atom is -0.368 e. The number of hydrogen-bond donors (Lipinski definition) is 2. The van der Waals surface area contributed by atoms with E-state index in [0.717, 1.165) is 11.1 Å². The van der Waals surface area contributed by atoms with E-state index in [1.807, 2.05) is 0 Å². The van der Waals surface area contributed by atoms with Crippen LogP contribution in [-0.4, -0.2) is 18.6 Å². The van der Waals surface area contributed by atoms with Crippen LogP contribution in [0.2, 0.25) is 0 Å². The summed E-state index contributed by atoms with van der Waals surface area (Å²) in [6, 6.07) is 4.10. The van der Waals surface area contributed by atoms with Gasteiger partial charge in [0.25, 0.3) is 0 Å². The Morgan fingerprint density at radius 2 is 1.83 bits per heavy atom. The number of aryl methyl sites for hydroxylation is 2. The normalized spacial score (nSPS) is 13.4. The number of nitrogens with one attached hydrogen (secondary N) is 1. The van der Waals surface area contributed by atoms with Crippen LogP contribution in [0.3, 0.4) is 0 Å². The molecule has 0 saturated carbocycles. The third-order valence-corrected chi connectivity index (χ3v) is 2.62. The molecular weight excluding hydrogens is 245 g/mol. The number of primary amides is 1. The van der Waals surface area contributed by atoms with Gasteiger partial charge in [0, 0.05) is 0 Å². The summed E-state index contributed by atoms with van der Waals surface area (Å²) in [5.41, 5.74) is 7.14. The Morgan fingerprint density at radius 3 is 2.22 bits per heavy atom. The summed E-state index contributed by atoms with van der Waals surface area (Å²) in [5.74, 6) is -0.823. The van der Waals surface area contributed by atoms with Crippen molar-refractivity contribution in [3.63, 3.8) is 0 Å². The van der Waals surface area contributed by atoms with Gasteiger partial charge in [0.2, 0.25) is 5.91 Å². The van der Waals surface area contributed by atoms with Gasteiger partial charge in [-0.1, -0.05) is 18.2 Å². The van der Waals surface area contributed by atoms with E-state index in [9.17, 15) is 18.0 Å². The predicted octanol–water partition coefficient (Wildman–Crippen LogP) is 1.98. The Bertz CT molecular complexity index is 423. The SMILES string of the molecule is Cc1cccc(C)c1C(NCC(F)(F)F)C(N)=O. The zero-order valence-corrected chi connectivity index (χ0v) is 10.1. The Kier molecular flexibility index (Phi) is 4.34. The van der Waals surface area contributed by atoms with Gasteiger partial charge in [-0.15, -0.1) is 0 Å². The summed E-state index contributed by atoms with van der Waals surface area (Å²) >= 11 is 0. The highest BCUT2D eigenvalue weighted by Gasteiger charge is 2.30. The smallest absolute Gasteiger partial charge is 0.368 e. The number of hydrogen-bond acceptors (Lipinski definition) is 2. The van der Waals surface area contributed by atoms with Crippen LogP contribution in [0.4, 0.5) is 13.2 Å². The maximum Gasteiger partial charge on any atom is 0.401 e. The number of benzene rings is 1. The van der Waals surface area contributed by atoms with Crippen LogP contribution in [0.1, 0.15) is 22.7 Å². The predicted molar refractivity (Wildman–Crippen MR) is 61.9 cm³/mol. The summed E-state index contributed by atoms with van der Waals surface area (Å²) in [6.07, 6.45) is -4.38. The fourth-order valence-electron chi connectivity index (χ4n) is 1.85. The van der Waals surface area contributed by atoms with E-state index in [1.165, 1.54) is 0 Å². The molecule has 0 radical (unpaired) electrons. The van der Waals surface area contributed by atoms with E-state index in [-0.39, 0.29) is 0 Å². The van der Waals surface area contributed by atoms with Crippen molar-refractivity contribution in [2.75, 3.05) is 6.54 Å². The molecule has 0 heterocycles. The third-order valence-electron chi connectivity index (χ3n) is 2.62. The molecule has 1 rings (SSSR count). The molecule has 1 aromatic rings. The lowest BCUT2D eigenvalue weighted by molar-refractivity contribution is -0.130. The zero-order chi connectivity index (χ0) is 13.9. The number of carbonyl (C=O) groups excluding carboxylic acids is 1. The number of amides is 1. The maximum atomic E-state index is 12.2. The van der Waals surface area contributed by atoms with E-state index in [0.29, 0.717) is 5.56 Å². The summed E-state index contributed by atoms with van der Waals surface area (Å²) < 4.78 is 36.5. The second kappa shape index (κ2) is 5.39. The molecule has 18 heavy (non-hydrogen) atoms. The third kappa shape index (κ3) is 3.73. The minimum absolute atomic E-state index is 0.509. The average molecular weight is 260 g/mol. The standard InChI is InChI=1S/C12H15F3N2O/c1-7-4-3-5-8(2)9(7)10(11(16)18)17-6-12(13,14)15/h3-5,10,17H,6H2,1-2H3,(H2,16,18). The van der Waals surface area contributed by atoms with Gasteiger partial charge in [-0.05, 0) is 30.5 Å². The fourth-order valence-corrected chi connectivity index (χ4v) is 1.85. The highest BCUT2D eigenvalue weighted by Crippen LogP contribution is 2.23. The average Bonchev–Trinajstić information content (AvgIpc) is 2.20. The van der Waals surface area contributed by atoms with Gasteiger partial charge in [0.1, 0.15) is 6.04 Å². The van der Waals surface area contributed by atoms with Crippen molar-refractivity contribution >= 4 is 5.91 Å². The van der Waals surface area contributed by atoms with Gasteiger partial charge in [0.05, 0.1) is 6.54 Å². The van der Waals surface area contributed by atoms with Crippen LogP contribution in [-0.2, 0) is 4.79 Å². The Balaban J connectivity index is 3.02.